The molecule has 0 bridgehead atoms. The minimum absolute atomic E-state index is 0.0914. The number of nitrogens with one attached hydrogen (secondary N) is 2. The van der Waals surface area contributed by atoms with E-state index in [1.54, 1.807) is 18.2 Å². The predicted octanol–water partition coefficient (Wildman–Crippen LogP) is 4.72. The average Bonchev–Trinajstić information content (AvgIpc) is 2.69. The number of carbonyl (C=O) groups excluding carboxylic acids is 1. The van der Waals surface area contributed by atoms with E-state index in [1.807, 2.05) is 19.1 Å². The number of nitrogens with zero attached hydrogens (tertiary/aromatic N) is 2. The van der Waals surface area contributed by atoms with Crippen molar-refractivity contribution in [1.29, 1.82) is 0 Å². The lowest BCUT2D eigenvalue weighted by Gasteiger charge is -2.16. The Balaban J connectivity index is 1.69. The average molecular weight is 378 g/mol. The van der Waals surface area contributed by atoms with Gasteiger partial charge in [-0.25, -0.2) is 14.4 Å². The van der Waals surface area contributed by atoms with Crippen molar-refractivity contribution < 1.29 is 9.18 Å². The number of rotatable bonds is 6. The van der Waals surface area contributed by atoms with Crippen LogP contribution in [-0.4, -0.2) is 15.9 Å². The Bertz CT molecular complexity index is 971. The summed E-state index contributed by atoms with van der Waals surface area (Å²) < 4.78 is 13.6. The van der Waals surface area contributed by atoms with Crippen LogP contribution in [0, 0.1) is 12.7 Å². The molecular weight excluding hydrogens is 355 g/mol. The normalized spacial score (nSPS) is 10.8. The van der Waals surface area contributed by atoms with Gasteiger partial charge in [-0.15, -0.1) is 0 Å². The molecule has 0 aliphatic rings. The fourth-order valence-electron chi connectivity index (χ4n) is 2.89. The maximum absolute atomic E-state index is 13.6. The number of hydrogen-bond donors (Lipinski definition) is 2. The molecule has 0 saturated heterocycles. The lowest BCUT2D eigenvalue weighted by atomic mass is 9.98. The number of para-hydroxylation sites is 1. The molecule has 0 fully saturated rings. The Morgan fingerprint density at radius 2 is 1.86 bits per heavy atom. The van der Waals surface area contributed by atoms with E-state index in [1.165, 1.54) is 24.0 Å². The van der Waals surface area contributed by atoms with Gasteiger partial charge >= 0.3 is 0 Å². The highest BCUT2D eigenvalue weighted by Gasteiger charge is 2.12. The van der Waals surface area contributed by atoms with Crippen molar-refractivity contribution >= 4 is 17.4 Å². The van der Waals surface area contributed by atoms with Gasteiger partial charge in [0, 0.05) is 17.8 Å². The van der Waals surface area contributed by atoms with Crippen LogP contribution in [0.2, 0.25) is 0 Å². The molecule has 2 aromatic carbocycles. The fraction of sp³-hybridized carbons (Fsp3) is 0.227. The summed E-state index contributed by atoms with van der Waals surface area (Å²) in [6, 6.07) is 12.5. The van der Waals surface area contributed by atoms with Crippen LogP contribution in [0.3, 0.4) is 0 Å². The first kappa shape index (κ1) is 19.5. The lowest BCUT2D eigenvalue weighted by molar-refractivity contribution is 0.0945. The molecule has 2 N–H and O–H groups in total. The second-order valence-electron chi connectivity index (χ2n) is 6.88. The van der Waals surface area contributed by atoms with E-state index >= 15 is 0 Å². The third kappa shape index (κ3) is 4.52. The molecule has 0 spiro atoms. The predicted molar refractivity (Wildman–Crippen MR) is 108 cm³/mol. The lowest BCUT2D eigenvalue weighted by Crippen LogP contribution is -2.24. The Morgan fingerprint density at radius 1 is 1.07 bits per heavy atom. The van der Waals surface area contributed by atoms with Crippen molar-refractivity contribution in [1.82, 2.24) is 15.3 Å². The van der Waals surface area contributed by atoms with E-state index in [9.17, 15) is 9.18 Å². The molecule has 0 aliphatic heterocycles. The molecular formula is C22H23FN4O. The van der Waals surface area contributed by atoms with Crippen molar-refractivity contribution in [3.05, 3.63) is 83.1 Å². The van der Waals surface area contributed by atoms with E-state index in [0.717, 1.165) is 11.3 Å². The summed E-state index contributed by atoms with van der Waals surface area (Å²) in [4.78, 5) is 20.7. The maximum Gasteiger partial charge on any atom is 0.271 e. The number of carbonyl (C=O) groups is 1. The molecule has 1 amide bonds. The van der Waals surface area contributed by atoms with E-state index in [0.29, 0.717) is 17.3 Å². The smallest absolute Gasteiger partial charge is 0.271 e. The van der Waals surface area contributed by atoms with Gasteiger partial charge in [-0.2, -0.15) is 0 Å². The van der Waals surface area contributed by atoms with Gasteiger partial charge in [-0.05, 0) is 30.0 Å². The van der Waals surface area contributed by atoms with Gasteiger partial charge in [0.25, 0.3) is 5.91 Å². The number of hydrogen-bond acceptors (Lipinski definition) is 4. The Labute approximate surface area is 164 Å². The first-order valence-electron chi connectivity index (χ1n) is 9.16. The van der Waals surface area contributed by atoms with Gasteiger partial charge in [0.2, 0.25) is 0 Å². The quantitative estimate of drug-likeness (QED) is 0.651. The summed E-state index contributed by atoms with van der Waals surface area (Å²) in [5, 5.41) is 5.96. The van der Waals surface area contributed by atoms with Crippen molar-refractivity contribution in [2.24, 2.45) is 0 Å². The largest absolute Gasteiger partial charge is 0.346 e. The third-order valence-corrected chi connectivity index (χ3v) is 4.46. The number of halogens is 1. The SMILES string of the molecule is Cc1cccc(C(C)C)c1Nc1cnc(C(=O)NCc2ccccc2F)cn1. The highest BCUT2D eigenvalue weighted by Crippen LogP contribution is 2.29. The fourth-order valence-corrected chi connectivity index (χ4v) is 2.89. The third-order valence-electron chi connectivity index (χ3n) is 4.46. The zero-order chi connectivity index (χ0) is 20.1. The van der Waals surface area contributed by atoms with Crippen LogP contribution in [0.1, 0.15) is 46.9 Å². The molecule has 5 nitrogen and oxygen atoms in total. The molecule has 0 unspecified atom stereocenters. The zero-order valence-corrected chi connectivity index (χ0v) is 16.2. The first-order chi connectivity index (χ1) is 13.5. The van der Waals surface area contributed by atoms with Crippen LogP contribution in [-0.2, 0) is 6.54 Å². The van der Waals surface area contributed by atoms with Crippen molar-refractivity contribution in [3.63, 3.8) is 0 Å². The molecule has 0 aliphatic carbocycles. The monoisotopic (exact) mass is 378 g/mol. The minimum Gasteiger partial charge on any atom is -0.346 e. The summed E-state index contributed by atoms with van der Waals surface area (Å²) in [5.41, 5.74) is 3.90. The molecule has 0 saturated carbocycles. The maximum atomic E-state index is 13.6. The van der Waals surface area contributed by atoms with Crippen molar-refractivity contribution in [2.75, 3.05) is 5.32 Å². The first-order valence-corrected chi connectivity index (χ1v) is 9.16. The van der Waals surface area contributed by atoms with E-state index in [4.69, 9.17) is 0 Å². The second-order valence-corrected chi connectivity index (χ2v) is 6.88. The highest BCUT2D eigenvalue weighted by atomic mass is 19.1. The molecule has 6 heteroatoms. The summed E-state index contributed by atoms with van der Waals surface area (Å²) >= 11 is 0. The van der Waals surface area contributed by atoms with Gasteiger partial charge in [0.1, 0.15) is 17.3 Å². The van der Waals surface area contributed by atoms with Crippen LogP contribution >= 0.6 is 0 Å². The number of aromatic nitrogens is 2. The summed E-state index contributed by atoms with van der Waals surface area (Å²) in [6.07, 6.45) is 2.93. The van der Waals surface area contributed by atoms with Crippen molar-refractivity contribution in [3.8, 4) is 0 Å². The van der Waals surface area contributed by atoms with E-state index in [-0.39, 0.29) is 18.1 Å². The highest BCUT2D eigenvalue weighted by molar-refractivity contribution is 5.92. The number of amides is 1. The molecule has 144 valence electrons. The van der Waals surface area contributed by atoms with Crippen LogP contribution < -0.4 is 10.6 Å². The summed E-state index contributed by atoms with van der Waals surface area (Å²) in [5.74, 6) is 0.161. The van der Waals surface area contributed by atoms with Gasteiger partial charge in [-0.3, -0.25) is 4.79 Å². The molecule has 0 atom stereocenters. The molecule has 28 heavy (non-hydrogen) atoms. The summed E-state index contributed by atoms with van der Waals surface area (Å²) in [6.45, 7) is 6.39. The van der Waals surface area contributed by atoms with Gasteiger partial charge in [0.15, 0.2) is 0 Å². The standard InChI is InChI=1S/C22H23FN4O/c1-14(2)17-9-6-7-15(3)21(17)27-20-13-24-19(12-25-20)22(28)26-11-16-8-4-5-10-18(16)23/h4-10,12-14H,11H2,1-3H3,(H,25,27)(H,26,28). The van der Waals surface area contributed by atoms with Crippen molar-refractivity contribution in [2.45, 2.75) is 33.2 Å². The molecule has 3 aromatic rings. The topological polar surface area (TPSA) is 66.9 Å². The van der Waals surface area contributed by atoms with E-state index < -0.39 is 5.91 Å². The van der Waals surface area contributed by atoms with Gasteiger partial charge in [-0.1, -0.05) is 50.2 Å². The summed E-state index contributed by atoms with van der Waals surface area (Å²) in [7, 11) is 0. The van der Waals surface area contributed by atoms with Gasteiger partial charge in [0.05, 0.1) is 12.4 Å². The number of anilines is 2. The number of benzene rings is 2. The minimum atomic E-state index is -0.402. The Kier molecular flexibility index (Phi) is 5.99. The van der Waals surface area contributed by atoms with E-state index in [2.05, 4.69) is 40.5 Å². The second kappa shape index (κ2) is 8.61. The Morgan fingerprint density at radius 3 is 2.54 bits per heavy atom. The molecule has 1 aromatic heterocycles. The molecule has 1 heterocycles. The molecule has 3 rings (SSSR count). The van der Waals surface area contributed by atoms with Crippen LogP contribution in [0.4, 0.5) is 15.9 Å². The Hall–Kier alpha value is -3.28. The zero-order valence-electron chi connectivity index (χ0n) is 16.2. The number of aryl methyl sites for hydroxylation is 1. The van der Waals surface area contributed by atoms with Gasteiger partial charge < -0.3 is 10.6 Å². The van der Waals surface area contributed by atoms with Crippen LogP contribution in [0.5, 0.6) is 0 Å². The molecule has 0 radical (unpaired) electrons. The van der Waals surface area contributed by atoms with Crippen LogP contribution in [0.15, 0.2) is 54.9 Å². The van der Waals surface area contributed by atoms with Crippen LogP contribution in [0.25, 0.3) is 0 Å².